The smallest absolute Gasteiger partial charge is 0.303 e. The summed E-state index contributed by atoms with van der Waals surface area (Å²) in [7, 11) is 0. The van der Waals surface area contributed by atoms with Crippen molar-refractivity contribution in [1.29, 1.82) is 0 Å². The summed E-state index contributed by atoms with van der Waals surface area (Å²) in [5, 5.41) is 15.3. The molecular formula is C13H19NO3S. The van der Waals surface area contributed by atoms with Gasteiger partial charge in [0.25, 0.3) is 5.91 Å². The molecule has 0 spiro atoms. The molecule has 5 heteroatoms. The van der Waals surface area contributed by atoms with Crippen molar-refractivity contribution in [2.45, 2.75) is 26.7 Å². The van der Waals surface area contributed by atoms with E-state index in [0.29, 0.717) is 18.0 Å². The molecule has 0 aromatic carbocycles. The monoisotopic (exact) mass is 269 g/mol. The van der Waals surface area contributed by atoms with E-state index in [0.717, 1.165) is 6.42 Å². The summed E-state index contributed by atoms with van der Waals surface area (Å²) in [5.74, 6) is -0.529. The highest BCUT2D eigenvalue weighted by molar-refractivity contribution is 7.08. The van der Waals surface area contributed by atoms with Gasteiger partial charge in [0.2, 0.25) is 0 Å². The number of carbonyl (C=O) groups excluding carboxylic acids is 1. The molecule has 18 heavy (non-hydrogen) atoms. The van der Waals surface area contributed by atoms with Crippen LogP contribution in [0.5, 0.6) is 0 Å². The van der Waals surface area contributed by atoms with E-state index in [-0.39, 0.29) is 18.2 Å². The minimum absolute atomic E-state index is 0.00918. The first-order valence-electron chi connectivity index (χ1n) is 6.01. The lowest BCUT2D eigenvalue weighted by atomic mass is 9.94. The molecule has 0 aliphatic rings. The third kappa shape index (κ3) is 5.31. The highest BCUT2D eigenvalue weighted by Crippen LogP contribution is 2.15. The lowest BCUT2D eigenvalue weighted by molar-refractivity contribution is -0.138. The number of carboxylic acid groups (broad SMARTS) is 1. The van der Waals surface area contributed by atoms with Gasteiger partial charge in [0, 0.05) is 23.9 Å². The Kier molecular flexibility index (Phi) is 5.85. The number of carboxylic acids is 1. The third-order valence-corrected chi connectivity index (χ3v) is 3.29. The first kappa shape index (κ1) is 14.7. The van der Waals surface area contributed by atoms with E-state index in [1.807, 2.05) is 5.38 Å². The molecule has 0 bridgehead atoms. The molecule has 0 saturated heterocycles. The van der Waals surface area contributed by atoms with Gasteiger partial charge in [-0.15, -0.1) is 0 Å². The van der Waals surface area contributed by atoms with E-state index in [9.17, 15) is 9.59 Å². The van der Waals surface area contributed by atoms with Crippen LogP contribution in [0.3, 0.4) is 0 Å². The normalized spacial score (nSPS) is 12.4. The fourth-order valence-corrected chi connectivity index (χ4v) is 2.52. The minimum Gasteiger partial charge on any atom is -0.481 e. The first-order valence-corrected chi connectivity index (χ1v) is 6.95. The van der Waals surface area contributed by atoms with Gasteiger partial charge in [0.05, 0.1) is 0 Å². The lowest BCUT2D eigenvalue weighted by Crippen LogP contribution is -2.30. The second-order valence-corrected chi connectivity index (χ2v) is 5.60. The molecule has 1 atom stereocenters. The Hall–Kier alpha value is -1.36. The van der Waals surface area contributed by atoms with Crippen LogP contribution in [0.1, 0.15) is 37.0 Å². The van der Waals surface area contributed by atoms with Gasteiger partial charge in [-0.2, -0.15) is 11.3 Å². The van der Waals surface area contributed by atoms with Crippen LogP contribution in [-0.4, -0.2) is 23.5 Å². The molecule has 1 aromatic rings. The number of aliphatic carboxylic acids is 1. The van der Waals surface area contributed by atoms with Gasteiger partial charge in [0.1, 0.15) is 0 Å². The summed E-state index contributed by atoms with van der Waals surface area (Å²) in [6, 6.07) is 1.76. The van der Waals surface area contributed by atoms with Gasteiger partial charge in [-0.05, 0) is 29.7 Å². The largest absolute Gasteiger partial charge is 0.481 e. The first-order chi connectivity index (χ1) is 8.49. The Morgan fingerprint density at radius 3 is 2.67 bits per heavy atom. The molecule has 1 unspecified atom stereocenters. The number of carbonyl (C=O) groups is 2. The van der Waals surface area contributed by atoms with Crippen molar-refractivity contribution in [1.82, 2.24) is 5.32 Å². The Balaban J connectivity index is 2.45. The van der Waals surface area contributed by atoms with Crippen molar-refractivity contribution in [2.75, 3.05) is 6.54 Å². The Labute approximate surface area is 111 Å². The maximum absolute atomic E-state index is 11.7. The van der Waals surface area contributed by atoms with Crippen LogP contribution in [0.4, 0.5) is 0 Å². The number of hydrogen-bond acceptors (Lipinski definition) is 3. The standard InChI is InChI=1S/C13H19NO3S/c1-9(2)5-10(6-12(15)16)7-14-13(17)11-3-4-18-8-11/h3-4,8-10H,5-7H2,1-2H3,(H,14,17)(H,15,16). The second kappa shape index (κ2) is 7.16. The summed E-state index contributed by atoms with van der Waals surface area (Å²) < 4.78 is 0. The van der Waals surface area contributed by atoms with Gasteiger partial charge in [0.15, 0.2) is 0 Å². The molecule has 100 valence electrons. The molecule has 0 saturated carbocycles. The third-order valence-electron chi connectivity index (χ3n) is 2.60. The predicted octanol–water partition coefficient (Wildman–Crippen LogP) is 2.61. The summed E-state index contributed by atoms with van der Waals surface area (Å²) in [4.78, 5) is 22.5. The average molecular weight is 269 g/mol. The zero-order valence-electron chi connectivity index (χ0n) is 10.7. The number of nitrogens with one attached hydrogen (secondary N) is 1. The molecule has 4 nitrogen and oxygen atoms in total. The fraction of sp³-hybridized carbons (Fsp3) is 0.538. The number of rotatable bonds is 7. The second-order valence-electron chi connectivity index (χ2n) is 4.82. The molecule has 1 aromatic heterocycles. The van der Waals surface area contributed by atoms with E-state index in [1.54, 1.807) is 11.4 Å². The summed E-state index contributed by atoms with van der Waals surface area (Å²) in [6.07, 6.45) is 0.901. The van der Waals surface area contributed by atoms with Crippen molar-refractivity contribution >= 4 is 23.2 Å². The maximum atomic E-state index is 11.7. The Bertz CT molecular complexity index is 387. The van der Waals surface area contributed by atoms with Gasteiger partial charge in [-0.3, -0.25) is 9.59 Å². The van der Waals surface area contributed by atoms with Crippen LogP contribution in [0.25, 0.3) is 0 Å². The zero-order valence-corrected chi connectivity index (χ0v) is 11.5. The summed E-state index contributed by atoms with van der Waals surface area (Å²) in [5.41, 5.74) is 0.638. The summed E-state index contributed by atoms with van der Waals surface area (Å²) in [6.45, 7) is 4.52. The van der Waals surface area contributed by atoms with E-state index < -0.39 is 5.97 Å². The van der Waals surface area contributed by atoms with Crippen molar-refractivity contribution in [2.24, 2.45) is 11.8 Å². The SMILES string of the molecule is CC(C)CC(CNC(=O)c1ccsc1)CC(=O)O. The van der Waals surface area contributed by atoms with E-state index >= 15 is 0 Å². The molecule has 0 aliphatic heterocycles. The number of hydrogen-bond donors (Lipinski definition) is 2. The van der Waals surface area contributed by atoms with Gasteiger partial charge >= 0.3 is 5.97 Å². The van der Waals surface area contributed by atoms with Gasteiger partial charge < -0.3 is 10.4 Å². The van der Waals surface area contributed by atoms with E-state index in [4.69, 9.17) is 5.11 Å². The van der Waals surface area contributed by atoms with Crippen LogP contribution < -0.4 is 5.32 Å². The average Bonchev–Trinajstić information content (AvgIpc) is 2.77. The fourth-order valence-electron chi connectivity index (χ4n) is 1.89. The highest BCUT2D eigenvalue weighted by Gasteiger charge is 2.16. The quantitative estimate of drug-likeness (QED) is 0.799. The highest BCUT2D eigenvalue weighted by atomic mass is 32.1. The van der Waals surface area contributed by atoms with Crippen molar-refractivity contribution in [3.8, 4) is 0 Å². The maximum Gasteiger partial charge on any atom is 0.303 e. The molecule has 0 radical (unpaired) electrons. The Morgan fingerprint density at radius 2 is 2.17 bits per heavy atom. The predicted molar refractivity (Wildman–Crippen MR) is 71.9 cm³/mol. The minimum atomic E-state index is -0.814. The number of thiophene rings is 1. The van der Waals surface area contributed by atoms with E-state index in [1.165, 1.54) is 11.3 Å². The van der Waals surface area contributed by atoms with Crippen molar-refractivity contribution in [3.05, 3.63) is 22.4 Å². The molecule has 0 aliphatic carbocycles. The number of amides is 1. The summed E-state index contributed by atoms with van der Waals surface area (Å²) >= 11 is 1.47. The molecule has 1 rings (SSSR count). The lowest BCUT2D eigenvalue weighted by Gasteiger charge is -2.17. The molecular weight excluding hydrogens is 250 g/mol. The van der Waals surface area contributed by atoms with E-state index in [2.05, 4.69) is 19.2 Å². The van der Waals surface area contributed by atoms with Crippen LogP contribution >= 0.6 is 11.3 Å². The van der Waals surface area contributed by atoms with Gasteiger partial charge in [-0.25, -0.2) is 0 Å². The zero-order chi connectivity index (χ0) is 13.5. The van der Waals surface area contributed by atoms with Crippen LogP contribution in [0.2, 0.25) is 0 Å². The van der Waals surface area contributed by atoms with Crippen LogP contribution in [0, 0.1) is 11.8 Å². The van der Waals surface area contributed by atoms with Gasteiger partial charge in [-0.1, -0.05) is 13.8 Å². The van der Waals surface area contributed by atoms with Crippen molar-refractivity contribution < 1.29 is 14.7 Å². The topological polar surface area (TPSA) is 66.4 Å². The molecule has 0 fully saturated rings. The van der Waals surface area contributed by atoms with Crippen LogP contribution in [-0.2, 0) is 4.79 Å². The molecule has 2 N–H and O–H groups in total. The Morgan fingerprint density at radius 1 is 1.44 bits per heavy atom. The van der Waals surface area contributed by atoms with Crippen LogP contribution in [0.15, 0.2) is 16.8 Å². The molecule has 1 heterocycles. The van der Waals surface area contributed by atoms with Crippen molar-refractivity contribution in [3.63, 3.8) is 0 Å². The molecule has 1 amide bonds.